The van der Waals surface area contributed by atoms with Gasteiger partial charge in [-0.15, -0.1) is 5.10 Å². The maximum atomic E-state index is 13.2. The number of H-pyrrole nitrogens is 1. The van der Waals surface area contributed by atoms with Crippen molar-refractivity contribution in [3.05, 3.63) is 123 Å². The summed E-state index contributed by atoms with van der Waals surface area (Å²) < 4.78 is 1.92. The lowest BCUT2D eigenvalue weighted by Crippen LogP contribution is -2.34. The molecule has 0 spiro atoms. The highest BCUT2D eigenvalue weighted by molar-refractivity contribution is 5.79. The van der Waals surface area contributed by atoms with Crippen molar-refractivity contribution in [3.8, 4) is 0 Å². The molecule has 0 saturated heterocycles. The minimum absolute atomic E-state index is 0.0300. The quantitative estimate of drug-likeness (QED) is 0.264. The van der Waals surface area contributed by atoms with Gasteiger partial charge in [-0.3, -0.25) is 9.69 Å². The van der Waals surface area contributed by atoms with Gasteiger partial charge in [-0.2, -0.15) is 0 Å². The van der Waals surface area contributed by atoms with Gasteiger partial charge in [0, 0.05) is 30.7 Å². The average molecular weight is 507 g/mol. The lowest BCUT2D eigenvalue weighted by atomic mass is 10.1. The van der Waals surface area contributed by atoms with Crippen LogP contribution in [0.2, 0.25) is 0 Å². The highest BCUT2D eigenvalue weighted by atomic mass is 16.1. The molecule has 0 aliphatic rings. The maximum absolute atomic E-state index is 13.2. The van der Waals surface area contributed by atoms with Gasteiger partial charge < -0.3 is 4.98 Å². The van der Waals surface area contributed by atoms with E-state index in [0.29, 0.717) is 13.1 Å². The predicted molar refractivity (Wildman–Crippen MR) is 151 cm³/mol. The van der Waals surface area contributed by atoms with E-state index >= 15 is 0 Å². The van der Waals surface area contributed by atoms with Crippen molar-refractivity contribution in [2.75, 3.05) is 6.54 Å². The molecule has 2 heterocycles. The summed E-state index contributed by atoms with van der Waals surface area (Å²) in [5.41, 5.74) is 5.20. The molecule has 7 heteroatoms. The summed E-state index contributed by atoms with van der Waals surface area (Å²) in [6, 6.07) is 29.0. The molecule has 0 bridgehead atoms. The SMILES string of the molecule is CC[C@H](c1nnnn1CCc1ccccc1)N(CCc1ccccc1)Cc1cc2ccc(C)cc2[nH]c1=O. The first-order chi connectivity index (χ1) is 18.6. The molecule has 0 aliphatic heterocycles. The Balaban J connectivity index is 1.44. The van der Waals surface area contributed by atoms with Crippen molar-refractivity contribution in [1.29, 1.82) is 0 Å². The molecule has 194 valence electrons. The lowest BCUT2D eigenvalue weighted by Gasteiger charge is -2.30. The normalized spacial score (nSPS) is 12.3. The number of aromatic amines is 1. The monoisotopic (exact) mass is 506 g/mol. The van der Waals surface area contributed by atoms with Gasteiger partial charge in [-0.25, -0.2) is 4.68 Å². The fourth-order valence-electron chi connectivity index (χ4n) is 5.05. The molecule has 0 unspecified atom stereocenters. The van der Waals surface area contributed by atoms with Crippen LogP contribution in [0.5, 0.6) is 0 Å². The number of aromatic nitrogens is 5. The summed E-state index contributed by atoms with van der Waals surface area (Å²) in [4.78, 5) is 18.6. The molecule has 0 saturated carbocycles. The molecule has 5 aromatic rings. The topological polar surface area (TPSA) is 79.7 Å². The van der Waals surface area contributed by atoms with Crippen LogP contribution in [0.25, 0.3) is 10.9 Å². The van der Waals surface area contributed by atoms with Crippen LogP contribution < -0.4 is 5.56 Å². The first-order valence-electron chi connectivity index (χ1n) is 13.3. The molecule has 0 aliphatic carbocycles. The van der Waals surface area contributed by atoms with E-state index in [-0.39, 0.29) is 11.6 Å². The van der Waals surface area contributed by atoms with E-state index in [9.17, 15) is 4.79 Å². The van der Waals surface area contributed by atoms with Crippen LogP contribution in [0.1, 0.15) is 47.5 Å². The summed E-state index contributed by atoms with van der Waals surface area (Å²) in [5.74, 6) is 0.837. The third-order valence-electron chi connectivity index (χ3n) is 7.12. The minimum Gasteiger partial charge on any atom is -0.322 e. The van der Waals surface area contributed by atoms with Crippen LogP contribution in [0, 0.1) is 6.92 Å². The molecule has 1 N–H and O–H groups in total. The summed E-state index contributed by atoms with van der Waals surface area (Å²) in [6.45, 7) is 6.18. The third-order valence-corrected chi connectivity index (χ3v) is 7.12. The largest absolute Gasteiger partial charge is 0.322 e. The summed E-state index contributed by atoms with van der Waals surface area (Å²) >= 11 is 0. The van der Waals surface area contributed by atoms with Crippen molar-refractivity contribution in [2.24, 2.45) is 0 Å². The Labute approximate surface area is 223 Å². The van der Waals surface area contributed by atoms with Crippen LogP contribution in [-0.2, 0) is 25.9 Å². The minimum atomic E-state index is -0.0497. The van der Waals surface area contributed by atoms with Gasteiger partial charge in [-0.05, 0) is 70.8 Å². The van der Waals surface area contributed by atoms with Crippen LogP contribution in [0.3, 0.4) is 0 Å². The first kappa shape index (κ1) is 25.5. The number of hydrogen-bond acceptors (Lipinski definition) is 5. The van der Waals surface area contributed by atoms with E-state index in [4.69, 9.17) is 0 Å². The zero-order chi connectivity index (χ0) is 26.3. The highest BCUT2D eigenvalue weighted by Crippen LogP contribution is 2.25. The average Bonchev–Trinajstić information content (AvgIpc) is 3.40. The van der Waals surface area contributed by atoms with Gasteiger partial charge in [0.15, 0.2) is 5.82 Å². The van der Waals surface area contributed by atoms with Crippen LogP contribution in [-0.4, -0.2) is 36.6 Å². The number of benzene rings is 3. The standard InChI is InChI=1S/C31H34N6O/c1-3-29(30-33-34-35-37(30)19-17-25-12-8-5-9-13-25)36(18-16-24-10-6-4-7-11-24)22-27-21-26-15-14-23(2)20-28(26)32-31(27)38/h4-15,20-21,29H,3,16-19,22H2,1-2H3,(H,32,38)/t29-/m1/s1. The van der Waals surface area contributed by atoms with E-state index in [2.05, 4.69) is 93.0 Å². The number of rotatable bonds is 11. The smallest absolute Gasteiger partial charge is 0.252 e. The molecular formula is C31H34N6O. The fourth-order valence-corrected chi connectivity index (χ4v) is 5.05. The molecule has 7 nitrogen and oxygen atoms in total. The fraction of sp³-hybridized carbons (Fsp3) is 0.290. The van der Waals surface area contributed by atoms with Gasteiger partial charge in [0.2, 0.25) is 0 Å². The van der Waals surface area contributed by atoms with Gasteiger partial charge in [-0.1, -0.05) is 79.7 Å². The number of pyridine rings is 1. The Bertz CT molecular complexity index is 1530. The summed E-state index contributed by atoms with van der Waals surface area (Å²) in [7, 11) is 0. The molecule has 3 aromatic carbocycles. The Morgan fingerprint density at radius 1 is 0.921 bits per heavy atom. The van der Waals surface area contributed by atoms with Crippen molar-refractivity contribution in [3.63, 3.8) is 0 Å². The molecular weight excluding hydrogens is 472 g/mol. The van der Waals surface area contributed by atoms with Crippen LogP contribution in [0.4, 0.5) is 0 Å². The number of nitrogens with one attached hydrogen (secondary N) is 1. The molecule has 1 atom stereocenters. The van der Waals surface area contributed by atoms with E-state index in [0.717, 1.165) is 53.7 Å². The van der Waals surface area contributed by atoms with E-state index in [1.807, 2.05) is 35.9 Å². The number of nitrogens with zero attached hydrogens (tertiary/aromatic N) is 5. The first-order valence-corrected chi connectivity index (χ1v) is 13.3. The van der Waals surface area contributed by atoms with Gasteiger partial charge >= 0.3 is 0 Å². The lowest BCUT2D eigenvalue weighted by molar-refractivity contribution is 0.171. The highest BCUT2D eigenvalue weighted by Gasteiger charge is 2.25. The summed E-state index contributed by atoms with van der Waals surface area (Å²) in [5, 5.41) is 13.9. The van der Waals surface area contributed by atoms with Crippen molar-refractivity contribution < 1.29 is 0 Å². The summed E-state index contributed by atoms with van der Waals surface area (Å²) in [6.07, 6.45) is 2.54. The van der Waals surface area contributed by atoms with Crippen molar-refractivity contribution in [1.82, 2.24) is 30.1 Å². The van der Waals surface area contributed by atoms with Crippen LogP contribution >= 0.6 is 0 Å². The molecule has 2 aromatic heterocycles. The Kier molecular flexibility index (Phi) is 8.04. The van der Waals surface area contributed by atoms with E-state index < -0.39 is 0 Å². The molecule has 0 radical (unpaired) electrons. The molecule has 0 amide bonds. The molecule has 5 rings (SSSR count). The number of tetrazole rings is 1. The zero-order valence-electron chi connectivity index (χ0n) is 22.0. The van der Waals surface area contributed by atoms with Crippen LogP contribution in [0.15, 0.2) is 89.7 Å². The van der Waals surface area contributed by atoms with E-state index in [1.54, 1.807) is 0 Å². The Morgan fingerprint density at radius 2 is 1.63 bits per heavy atom. The van der Waals surface area contributed by atoms with Gasteiger partial charge in [0.05, 0.1) is 6.04 Å². The molecule has 38 heavy (non-hydrogen) atoms. The Hall–Kier alpha value is -4.10. The number of hydrogen-bond donors (Lipinski definition) is 1. The van der Waals surface area contributed by atoms with Crippen molar-refractivity contribution in [2.45, 2.75) is 52.2 Å². The Morgan fingerprint density at radius 3 is 2.34 bits per heavy atom. The van der Waals surface area contributed by atoms with Crippen molar-refractivity contribution >= 4 is 10.9 Å². The zero-order valence-corrected chi connectivity index (χ0v) is 22.0. The second kappa shape index (κ2) is 12.0. The number of fused-ring (bicyclic) bond motifs is 1. The molecule has 0 fully saturated rings. The van der Waals surface area contributed by atoms with Gasteiger partial charge in [0.25, 0.3) is 5.56 Å². The second-order valence-corrected chi connectivity index (χ2v) is 9.84. The number of aryl methyl sites for hydroxylation is 3. The predicted octanol–water partition coefficient (Wildman–Crippen LogP) is 5.26. The van der Waals surface area contributed by atoms with E-state index in [1.165, 1.54) is 11.1 Å². The maximum Gasteiger partial charge on any atom is 0.252 e. The third kappa shape index (κ3) is 6.06. The second-order valence-electron chi connectivity index (χ2n) is 9.84. The van der Waals surface area contributed by atoms with Gasteiger partial charge in [0.1, 0.15) is 0 Å².